The Morgan fingerprint density at radius 2 is 2.15 bits per heavy atom. The molecule has 6 nitrogen and oxygen atoms in total. The van der Waals surface area contributed by atoms with E-state index in [2.05, 4.69) is 4.74 Å². The highest BCUT2D eigenvalue weighted by atomic mass is 35.5. The Balaban J connectivity index is 2.32. The fourth-order valence-electron chi connectivity index (χ4n) is 2.07. The first-order chi connectivity index (χ1) is 9.43. The Kier molecular flexibility index (Phi) is 3.94. The molecule has 0 aromatic heterocycles. The van der Waals surface area contributed by atoms with E-state index in [1.54, 1.807) is 6.07 Å². The van der Waals surface area contributed by atoms with Crippen LogP contribution in [0.2, 0.25) is 5.02 Å². The second-order valence-electron chi connectivity index (χ2n) is 4.40. The summed E-state index contributed by atoms with van der Waals surface area (Å²) >= 11 is 5.89. The molecule has 1 aromatic carbocycles. The number of rotatable bonds is 3. The zero-order chi connectivity index (χ0) is 14.9. The van der Waals surface area contributed by atoms with Crippen molar-refractivity contribution in [3.8, 4) is 0 Å². The van der Waals surface area contributed by atoms with Gasteiger partial charge in [-0.15, -0.1) is 0 Å². The normalized spacial score (nSPS) is 18.2. The molecule has 20 heavy (non-hydrogen) atoms. The maximum absolute atomic E-state index is 11.8. The number of methoxy groups -OCH3 is 1. The van der Waals surface area contributed by atoms with Crippen LogP contribution >= 0.6 is 11.6 Å². The number of carbonyl (C=O) groups excluding carboxylic acids is 2. The lowest BCUT2D eigenvalue weighted by molar-refractivity contribution is -0.141. The molecule has 0 spiro atoms. The maximum Gasteiger partial charge on any atom is 0.339 e. The Morgan fingerprint density at radius 1 is 1.45 bits per heavy atom. The Morgan fingerprint density at radius 3 is 2.70 bits per heavy atom. The van der Waals surface area contributed by atoms with Gasteiger partial charge in [0.05, 0.1) is 23.6 Å². The molecule has 1 unspecified atom stereocenters. The minimum atomic E-state index is -1.01. The molecule has 0 aliphatic carbocycles. The van der Waals surface area contributed by atoms with Gasteiger partial charge in [-0.1, -0.05) is 11.6 Å². The predicted octanol–water partition coefficient (Wildman–Crippen LogP) is 1.56. The molecule has 1 aliphatic heterocycles. The first-order valence-electron chi connectivity index (χ1n) is 5.85. The van der Waals surface area contributed by atoms with E-state index in [0.29, 0.717) is 5.69 Å². The van der Waals surface area contributed by atoms with Crippen molar-refractivity contribution < 1.29 is 24.2 Å². The number of aliphatic carboxylic acids is 1. The zero-order valence-corrected chi connectivity index (χ0v) is 11.4. The van der Waals surface area contributed by atoms with Gasteiger partial charge in [-0.2, -0.15) is 0 Å². The summed E-state index contributed by atoms with van der Waals surface area (Å²) in [5, 5.41) is 9.16. The second-order valence-corrected chi connectivity index (χ2v) is 4.81. The summed E-state index contributed by atoms with van der Waals surface area (Å²) in [4.78, 5) is 35.7. The standard InChI is InChI=1S/C13H12ClNO5/c1-20-13(19)9-5-8(2-3-10(9)14)15-6-7(12(17)18)4-11(15)16/h2-3,5,7H,4,6H2,1H3,(H,17,18). The van der Waals surface area contributed by atoms with Crippen LogP contribution in [0.15, 0.2) is 18.2 Å². The van der Waals surface area contributed by atoms with E-state index in [1.807, 2.05) is 0 Å². The minimum absolute atomic E-state index is 0.0501. The largest absolute Gasteiger partial charge is 0.481 e. The van der Waals surface area contributed by atoms with Gasteiger partial charge in [0.15, 0.2) is 0 Å². The summed E-state index contributed by atoms with van der Waals surface area (Å²) in [6.45, 7) is 0.0798. The topological polar surface area (TPSA) is 83.9 Å². The SMILES string of the molecule is COC(=O)c1cc(N2CC(C(=O)O)CC2=O)ccc1Cl. The number of carboxylic acid groups (broad SMARTS) is 1. The average Bonchev–Trinajstić information content (AvgIpc) is 2.81. The highest BCUT2D eigenvalue weighted by Gasteiger charge is 2.35. The Bertz CT molecular complexity index is 586. The van der Waals surface area contributed by atoms with Crippen LogP contribution in [0.3, 0.4) is 0 Å². The second kappa shape index (κ2) is 5.50. The summed E-state index contributed by atoms with van der Waals surface area (Å²) < 4.78 is 4.60. The van der Waals surface area contributed by atoms with Crippen molar-refractivity contribution >= 4 is 35.1 Å². The molecule has 1 amide bonds. The van der Waals surface area contributed by atoms with Crippen LogP contribution in [0.1, 0.15) is 16.8 Å². The van der Waals surface area contributed by atoms with E-state index < -0.39 is 17.9 Å². The van der Waals surface area contributed by atoms with Crippen molar-refractivity contribution in [2.45, 2.75) is 6.42 Å². The number of benzene rings is 1. The third-order valence-corrected chi connectivity index (χ3v) is 3.47. The first kappa shape index (κ1) is 14.3. The molecule has 0 bridgehead atoms. The molecule has 1 fully saturated rings. The third kappa shape index (κ3) is 2.60. The molecule has 1 atom stereocenters. The number of halogens is 1. The van der Waals surface area contributed by atoms with Crippen molar-refractivity contribution in [1.82, 2.24) is 0 Å². The minimum Gasteiger partial charge on any atom is -0.481 e. The molecule has 106 valence electrons. The summed E-state index contributed by atoms with van der Waals surface area (Å²) in [6, 6.07) is 4.47. The summed E-state index contributed by atoms with van der Waals surface area (Å²) in [6.07, 6.45) is -0.0501. The number of ether oxygens (including phenoxy) is 1. The Hall–Kier alpha value is -2.08. The van der Waals surface area contributed by atoms with Gasteiger partial charge < -0.3 is 14.7 Å². The lowest BCUT2D eigenvalue weighted by Crippen LogP contribution is -2.26. The monoisotopic (exact) mass is 297 g/mol. The van der Waals surface area contributed by atoms with Gasteiger partial charge in [0, 0.05) is 18.7 Å². The third-order valence-electron chi connectivity index (χ3n) is 3.14. The van der Waals surface area contributed by atoms with Crippen LogP contribution < -0.4 is 4.90 Å². The van der Waals surface area contributed by atoms with Gasteiger partial charge in [-0.3, -0.25) is 9.59 Å². The number of amides is 1. The number of carboxylic acids is 1. The van der Waals surface area contributed by atoms with Crippen molar-refractivity contribution in [2.75, 3.05) is 18.6 Å². The fraction of sp³-hybridized carbons (Fsp3) is 0.308. The van der Waals surface area contributed by atoms with Crippen LogP contribution in [0.5, 0.6) is 0 Å². The summed E-state index contributed by atoms with van der Waals surface area (Å²) in [5.74, 6) is -2.66. The maximum atomic E-state index is 11.8. The van der Waals surface area contributed by atoms with Crippen LogP contribution in [0, 0.1) is 5.92 Å². The van der Waals surface area contributed by atoms with Gasteiger partial charge >= 0.3 is 11.9 Å². The van der Waals surface area contributed by atoms with Gasteiger partial charge in [0.25, 0.3) is 0 Å². The molecule has 1 saturated heterocycles. The van der Waals surface area contributed by atoms with E-state index in [-0.39, 0.29) is 29.5 Å². The van der Waals surface area contributed by atoms with Crippen LogP contribution in [0.4, 0.5) is 5.69 Å². The molecular weight excluding hydrogens is 286 g/mol. The van der Waals surface area contributed by atoms with Gasteiger partial charge in [0.2, 0.25) is 5.91 Å². The fourth-order valence-corrected chi connectivity index (χ4v) is 2.26. The molecule has 1 heterocycles. The van der Waals surface area contributed by atoms with E-state index in [9.17, 15) is 14.4 Å². The van der Waals surface area contributed by atoms with Crippen LogP contribution in [0.25, 0.3) is 0 Å². The van der Waals surface area contributed by atoms with E-state index in [0.717, 1.165) is 0 Å². The van der Waals surface area contributed by atoms with Gasteiger partial charge in [-0.05, 0) is 18.2 Å². The predicted molar refractivity (Wildman–Crippen MR) is 70.9 cm³/mol. The van der Waals surface area contributed by atoms with Crippen molar-refractivity contribution in [3.63, 3.8) is 0 Å². The smallest absolute Gasteiger partial charge is 0.339 e. The molecular formula is C13H12ClNO5. The first-order valence-corrected chi connectivity index (χ1v) is 6.23. The summed E-state index contributed by atoms with van der Waals surface area (Å²) in [7, 11) is 1.23. The van der Waals surface area contributed by atoms with Gasteiger partial charge in [0.1, 0.15) is 0 Å². The van der Waals surface area contributed by atoms with E-state index >= 15 is 0 Å². The lowest BCUT2D eigenvalue weighted by Gasteiger charge is -2.17. The number of carbonyl (C=O) groups is 3. The van der Waals surface area contributed by atoms with Crippen LogP contribution in [-0.4, -0.2) is 36.6 Å². The number of nitrogens with zero attached hydrogens (tertiary/aromatic N) is 1. The number of anilines is 1. The van der Waals surface area contributed by atoms with Crippen molar-refractivity contribution in [1.29, 1.82) is 0 Å². The highest BCUT2D eigenvalue weighted by Crippen LogP contribution is 2.29. The highest BCUT2D eigenvalue weighted by molar-refractivity contribution is 6.33. The van der Waals surface area contributed by atoms with Crippen molar-refractivity contribution in [2.24, 2.45) is 5.92 Å². The van der Waals surface area contributed by atoms with Crippen molar-refractivity contribution in [3.05, 3.63) is 28.8 Å². The zero-order valence-electron chi connectivity index (χ0n) is 10.6. The molecule has 0 saturated carbocycles. The lowest BCUT2D eigenvalue weighted by atomic mass is 10.1. The van der Waals surface area contributed by atoms with Gasteiger partial charge in [-0.25, -0.2) is 4.79 Å². The molecule has 1 N–H and O–H groups in total. The Labute approximate surface area is 119 Å². The molecule has 1 aromatic rings. The number of esters is 1. The molecule has 7 heteroatoms. The number of hydrogen-bond donors (Lipinski definition) is 1. The molecule has 1 aliphatic rings. The summed E-state index contributed by atoms with van der Waals surface area (Å²) in [5.41, 5.74) is 0.571. The molecule has 2 rings (SSSR count). The average molecular weight is 298 g/mol. The quantitative estimate of drug-likeness (QED) is 0.856. The van der Waals surface area contributed by atoms with E-state index in [1.165, 1.54) is 24.1 Å². The molecule has 0 radical (unpaired) electrons. The number of hydrogen-bond acceptors (Lipinski definition) is 4. The van der Waals surface area contributed by atoms with Crippen LogP contribution in [-0.2, 0) is 14.3 Å². The van der Waals surface area contributed by atoms with E-state index in [4.69, 9.17) is 16.7 Å².